The summed E-state index contributed by atoms with van der Waals surface area (Å²) < 4.78 is 7.60. The molecule has 3 aromatic rings. The Balaban J connectivity index is 1.49. The van der Waals surface area contributed by atoms with E-state index in [-0.39, 0.29) is 0 Å². The Kier molecular flexibility index (Phi) is 6.56. The minimum Gasteiger partial charge on any atom is -0.487 e. The van der Waals surface area contributed by atoms with Gasteiger partial charge in [0.2, 0.25) is 5.16 Å². The van der Waals surface area contributed by atoms with Crippen LogP contribution in [0, 0.1) is 0 Å². The predicted octanol–water partition coefficient (Wildman–Crippen LogP) is 2.50. The second-order valence-electron chi connectivity index (χ2n) is 6.03. The number of likely N-dealkylation sites (N-methyl/N-ethyl adjacent to an activating group) is 1. The van der Waals surface area contributed by atoms with E-state index in [0.717, 1.165) is 35.4 Å². The lowest BCUT2D eigenvalue weighted by molar-refractivity contribution is 0.301. The first kappa shape index (κ1) is 18.3. The quantitative estimate of drug-likeness (QED) is 0.536. The van der Waals surface area contributed by atoms with E-state index in [1.54, 1.807) is 18.0 Å². The van der Waals surface area contributed by atoms with Gasteiger partial charge in [0.25, 0.3) is 0 Å². The number of pyridine rings is 1. The topological polar surface area (TPSA) is 69.0 Å². The summed E-state index contributed by atoms with van der Waals surface area (Å²) in [5.41, 5.74) is 2.11. The van der Waals surface area contributed by atoms with E-state index >= 15 is 0 Å². The van der Waals surface area contributed by atoms with Gasteiger partial charge in [-0.1, -0.05) is 30.0 Å². The highest BCUT2D eigenvalue weighted by Crippen LogP contribution is 2.22. The van der Waals surface area contributed by atoms with Crippen molar-refractivity contribution in [2.75, 3.05) is 20.6 Å². The average molecular weight is 370 g/mol. The largest absolute Gasteiger partial charge is 0.487 e. The van der Waals surface area contributed by atoms with Gasteiger partial charge in [0.1, 0.15) is 12.4 Å². The molecule has 0 aliphatic rings. The maximum absolute atomic E-state index is 5.76. The zero-order valence-corrected chi connectivity index (χ0v) is 15.8. The molecule has 0 fully saturated rings. The molecular formula is C18H22N6OS. The lowest BCUT2D eigenvalue weighted by Crippen LogP contribution is -2.19. The smallest absolute Gasteiger partial charge is 0.209 e. The van der Waals surface area contributed by atoms with Crippen LogP contribution in [0.5, 0.6) is 5.75 Å². The number of nitrogens with zero attached hydrogens (tertiary/aromatic N) is 6. The van der Waals surface area contributed by atoms with Gasteiger partial charge < -0.3 is 9.64 Å². The fraction of sp³-hybridized carbons (Fsp3) is 0.333. The van der Waals surface area contributed by atoms with E-state index in [2.05, 4.69) is 37.5 Å². The van der Waals surface area contributed by atoms with Crippen molar-refractivity contribution >= 4 is 11.8 Å². The lowest BCUT2D eigenvalue weighted by Gasteiger charge is -2.10. The molecule has 0 atom stereocenters. The monoisotopic (exact) mass is 370 g/mol. The number of ether oxygens (including phenoxy) is 1. The Labute approximate surface area is 157 Å². The third-order valence-electron chi connectivity index (χ3n) is 3.66. The second kappa shape index (κ2) is 9.30. The maximum atomic E-state index is 5.76. The number of rotatable bonds is 9. The van der Waals surface area contributed by atoms with Crippen molar-refractivity contribution in [3.8, 4) is 5.75 Å². The molecule has 0 aliphatic heterocycles. The molecule has 0 saturated heterocycles. The van der Waals surface area contributed by atoms with E-state index < -0.39 is 0 Å². The van der Waals surface area contributed by atoms with Gasteiger partial charge in [0.15, 0.2) is 0 Å². The molecule has 0 spiro atoms. The van der Waals surface area contributed by atoms with Gasteiger partial charge in [-0.3, -0.25) is 4.98 Å². The highest BCUT2D eigenvalue weighted by molar-refractivity contribution is 7.98. The van der Waals surface area contributed by atoms with Crippen molar-refractivity contribution in [1.29, 1.82) is 0 Å². The van der Waals surface area contributed by atoms with E-state index in [1.165, 1.54) is 5.56 Å². The molecule has 2 heterocycles. The zero-order valence-electron chi connectivity index (χ0n) is 14.9. The molecule has 0 radical (unpaired) electrons. The van der Waals surface area contributed by atoms with E-state index in [0.29, 0.717) is 6.61 Å². The van der Waals surface area contributed by atoms with Crippen LogP contribution in [0.2, 0.25) is 0 Å². The van der Waals surface area contributed by atoms with Crippen molar-refractivity contribution in [3.63, 3.8) is 0 Å². The first-order valence-electron chi connectivity index (χ1n) is 8.36. The number of tetrazole rings is 1. The van der Waals surface area contributed by atoms with Crippen LogP contribution in [0.1, 0.15) is 11.3 Å². The number of hydrogen-bond acceptors (Lipinski definition) is 7. The molecule has 7 nitrogen and oxygen atoms in total. The van der Waals surface area contributed by atoms with Crippen LogP contribution in [0.4, 0.5) is 0 Å². The van der Waals surface area contributed by atoms with Crippen molar-refractivity contribution in [2.45, 2.75) is 24.1 Å². The highest BCUT2D eigenvalue weighted by atomic mass is 32.2. The van der Waals surface area contributed by atoms with Crippen LogP contribution in [0.25, 0.3) is 0 Å². The molecule has 136 valence electrons. The zero-order chi connectivity index (χ0) is 18.2. The standard InChI is InChI=1S/C18H22N6OS/c1-23(2)11-12-24-18(20-21-22-24)26-14-15-6-8-17(9-7-15)25-13-16-5-3-4-10-19-16/h3-10H,11-14H2,1-2H3. The second-order valence-corrected chi connectivity index (χ2v) is 6.97. The summed E-state index contributed by atoms with van der Waals surface area (Å²) in [6.45, 7) is 2.15. The molecule has 8 heteroatoms. The van der Waals surface area contributed by atoms with Gasteiger partial charge in [0, 0.05) is 18.5 Å². The Morgan fingerprint density at radius 2 is 1.96 bits per heavy atom. The van der Waals surface area contributed by atoms with E-state index in [1.807, 2.05) is 49.1 Å². The van der Waals surface area contributed by atoms with Crippen LogP contribution in [-0.4, -0.2) is 50.7 Å². The van der Waals surface area contributed by atoms with Gasteiger partial charge in [-0.05, 0) is 54.4 Å². The number of aromatic nitrogens is 5. The molecule has 0 N–H and O–H groups in total. The summed E-state index contributed by atoms with van der Waals surface area (Å²) in [4.78, 5) is 6.36. The van der Waals surface area contributed by atoms with Crippen LogP contribution in [0.3, 0.4) is 0 Å². The molecule has 26 heavy (non-hydrogen) atoms. The normalized spacial score (nSPS) is 11.0. The first-order valence-corrected chi connectivity index (χ1v) is 9.34. The van der Waals surface area contributed by atoms with Crippen molar-refractivity contribution < 1.29 is 4.74 Å². The fourth-order valence-corrected chi connectivity index (χ4v) is 3.06. The summed E-state index contributed by atoms with van der Waals surface area (Å²) in [5, 5.41) is 12.8. The Hall–Kier alpha value is -2.45. The van der Waals surface area contributed by atoms with Gasteiger partial charge >= 0.3 is 0 Å². The third kappa shape index (κ3) is 5.53. The molecule has 0 saturated carbocycles. The molecule has 0 amide bonds. The summed E-state index contributed by atoms with van der Waals surface area (Å²) in [6, 6.07) is 13.9. The lowest BCUT2D eigenvalue weighted by atomic mass is 10.2. The molecule has 1 aromatic carbocycles. The Morgan fingerprint density at radius 1 is 1.12 bits per heavy atom. The summed E-state index contributed by atoms with van der Waals surface area (Å²) >= 11 is 1.63. The number of benzene rings is 1. The van der Waals surface area contributed by atoms with Crippen molar-refractivity contribution in [2.24, 2.45) is 0 Å². The van der Waals surface area contributed by atoms with E-state index in [9.17, 15) is 0 Å². The summed E-state index contributed by atoms with van der Waals surface area (Å²) in [6.07, 6.45) is 1.77. The van der Waals surface area contributed by atoms with Crippen LogP contribution >= 0.6 is 11.8 Å². The van der Waals surface area contributed by atoms with Gasteiger partial charge in [0.05, 0.1) is 12.2 Å². The van der Waals surface area contributed by atoms with Gasteiger partial charge in [-0.25, -0.2) is 4.68 Å². The van der Waals surface area contributed by atoms with Crippen molar-refractivity contribution in [1.82, 2.24) is 30.1 Å². The minimum atomic E-state index is 0.468. The molecule has 0 bridgehead atoms. The van der Waals surface area contributed by atoms with E-state index in [4.69, 9.17) is 4.74 Å². The number of thioether (sulfide) groups is 1. The molecule has 0 aliphatic carbocycles. The molecule has 0 unspecified atom stereocenters. The minimum absolute atomic E-state index is 0.468. The SMILES string of the molecule is CN(C)CCn1nnnc1SCc1ccc(OCc2ccccn2)cc1. The van der Waals surface area contributed by atoms with Crippen LogP contribution < -0.4 is 4.74 Å². The first-order chi connectivity index (χ1) is 12.7. The van der Waals surface area contributed by atoms with Crippen molar-refractivity contribution in [3.05, 3.63) is 59.9 Å². The third-order valence-corrected chi connectivity index (χ3v) is 4.69. The van der Waals surface area contributed by atoms with Gasteiger partial charge in [-0.15, -0.1) is 5.10 Å². The summed E-state index contributed by atoms with van der Waals surface area (Å²) in [5.74, 6) is 1.64. The average Bonchev–Trinajstić information content (AvgIpc) is 3.12. The van der Waals surface area contributed by atoms with Crippen LogP contribution in [-0.2, 0) is 18.9 Å². The van der Waals surface area contributed by atoms with Gasteiger partial charge in [-0.2, -0.15) is 0 Å². The number of hydrogen-bond donors (Lipinski definition) is 0. The Bertz CT molecular complexity index is 791. The highest BCUT2D eigenvalue weighted by Gasteiger charge is 2.07. The molecule has 3 rings (SSSR count). The van der Waals surface area contributed by atoms with Crippen LogP contribution in [0.15, 0.2) is 53.8 Å². The molecule has 2 aromatic heterocycles. The molecular weight excluding hydrogens is 348 g/mol. The fourth-order valence-electron chi connectivity index (χ4n) is 2.21. The predicted molar refractivity (Wildman–Crippen MR) is 101 cm³/mol. The maximum Gasteiger partial charge on any atom is 0.209 e. The summed E-state index contributed by atoms with van der Waals surface area (Å²) in [7, 11) is 4.07. The Morgan fingerprint density at radius 3 is 2.69 bits per heavy atom.